The quantitative estimate of drug-likeness (QED) is 0.841. The number of aromatic hydroxyl groups is 1. The fourth-order valence-electron chi connectivity index (χ4n) is 3.70. The van der Waals surface area contributed by atoms with E-state index in [2.05, 4.69) is 0 Å². The zero-order valence-corrected chi connectivity index (χ0v) is 16.2. The van der Waals surface area contributed by atoms with E-state index in [1.165, 1.54) is 6.07 Å². The lowest BCUT2D eigenvalue weighted by molar-refractivity contribution is -0.140. The second-order valence-electron chi connectivity index (χ2n) is 8.32. The molecule has 3 rings (SSSR count). The van der Waals surface area contributed by atoms with Gasteiger partial charge >= 0.3 is 0 Å². The Morgan fingerprint density at radius 3 is 2.35 bits per heavy atom. The van der Waals surface area contributed by atoms with Gasteiger partial charge in [0.15, 0.2) is 5.43 Å². The number of likely N-dealkylation sites (tertiary alicyclic amines) is 1. The van der Waals surface area contributed by atoms with Crippen molar-refractivity contribution < 1.29 is 14.3 Å². The van der Waals surface area contributed by atoms with E-state index in [9.17, 15) is 14.7 Å². The van der Waals surface area contributed by atoms with Crippen molar-refractivity contribution in [1.82, 2.24) is 4.90 Å². The third kappa shape index (κ3) is 3.11. The summed E-state index contributed by atoms with van der Waals surface area (Å²) in [6.45, 7) is 10.7. The number of carbonyl (C=O) groups excluding carboxylic acids is 1. The highest BCUT2D eigenvalue weighted by Crippen LogP contribution is 2.34. The molecule has 0 spiro atoms. The zero-order chi connectivity index (χ0) is 19.2. The van der Waals surface area contributed by atoms with E-state index < -0.39 is 0 Å². The minimum Gasteiger partial charge on any atom is -0.508 e. The maximum absolute atomic E-state index is 12.8. The first-order valence-corrected chi connectivity index (χ1v) is 9.16. The van der Waals surface area contributed by atoms with Gasteiger partial charge in [-0.05, 0) is 38.8 Å². The summed E-state index contributed by atoms with van der Waals surface area (Å²) in [5.41, 5.74) is 1.25. The van der Waals surface area contributed by atoms with Crippen LogP contribution in [0.3, 0.4) is 0 Å². The van der Waals surface area contributed by atoms with Crippen molar-refractivity contribution in [1.29, 1.82) is 0 Å². The van der Waals surface area contributed by atoms with Crippen LogP contribution in [-0.2, 0) is 4.79 Å². The number of phenolic OH excluding ortho intramolecular Hbond substituents is 1. The van der Waals surface area contributed by atoms with Crippen molar-refractivity contribution in [3.63, 3.8) is 0 Å². The van der Waals surface area contributed by atoms with Crippen LogP contribution in [-0.4, -0.2) is 29.0 Å². The second kappa shape index (κ2) is 6.45. The molecule has 1 amide bonds. The first kappa shape index (κ1) is 18.5. The van der Waals surface area contributed by atoms with Crippen molar-refractivity contribution in [2.45, 2.75) is 53.4 Å². The van der Waals surface area contributed by atoms with E-state index in [1.54, 1.807) is 19.9 Å². The van der Waals surface area contributed by atoms with E-state index >= 15 is 0 Å². The molecule has 2 heterocycles. The molecule has 0 bridgehead atoms. The van der Waals surface area contributed by atoms with E-state index in [4.69, 9.17) is 4.42 Å². The van der Waals surface area contributed by atoms with Crippen LogP contribution in [0.1, 0.15) is 56.4 Å². The van der Waals surface area contributed by atoms with Crippen LogP contribution in [0.2, 0.25) is 0 Å². The Hall–Kier alpha value is -2.30. The smallest absolute Gasteiger partial charge is 0.227 e. The van der Waals surface area contributed by atoms with Crippen LogP contribution < -0.4 is 5.43 Å². The van der Waals surface area contributed by atoms with Gasteiger partial charge < -0.3 is 14.4 Å². The molecular formula is C21H27NO4. The summed E-state index contributed by atoms with van der Waals surface area (Å²) >= 11 is 0. The predicted molar refractivity (Wildman–Crippen MR) is 102 cm³/mol. The van der Waals surface area contributed by atoms with Crippen LogP contribution >= 0.6 is 0 Å². The number of benzene rings is 1. The molecule has 1 saturated heterocycles. The summed E-state index contributed by atoms with van der Waals surface area (Å²) in [6.07, 6.45) is 1.55. The highest BCUT2D eigenvalue weighted by Gasteiger charge is 2.32. The largest absolute Gasteiger partial charge is 0.508 e. The van der Waals surface area contributed by atoms with Crippen molar-refractivity contribution in [3.05, 3.63) is 39.2 Å². The van der Waals surface area contributed by atoms with Gasteiger partial charge in [-0.2, -0.15) is 0 Å². The summed E-state index contributed by atoms with van der Waals surface area (Å²) in [7, 11) is 0. The molecule has 1 aromatic carbocycles. The number of carbonyl (C=O) groups is 1. The minimum absolute atomic E-state index is 0.0439. The summed E-state index contributed by atoms with van der Waals surface area (Å²) in [6, 6.07) is 3.15. The number of rotatable bonds is 1. The number of amides is 1. The van der Waals surface area contributed by atoms with Gasteiger partial charge in [0.05, 0.1) is 5.39 Å². The van der Waals surface area contributed by atoms with Crippen LogP contribution in [0, 0.1) is 19.3 Å². The summed E-state index contributed by atoms with van der Waals surface area (Å²) < 4.78 is 6.12. The lowest BCUT2D eigenvalue weighted by Gasteiger charge is -2.35. The number of fused-ring (bicyclic) bond motifs is 1. The molecule has 0 saturated carbocycles. The van der Waals surface area contributed by atoms with Crippen molar-refractivity contribution in [3.8, 4) is 5.75 Å². The number of piperidine rings is 1. The number of hydrogen-bond donors (Lipinski definition) is 1. The Bertz CT molecular complexity index is 912. The maximum Gasteiger partial charge on any atom is 0.227 e. The summed E-state index contributed by atoms with van der Waals surface area (Å²) in [5, 5.41) is 10.4. The molecule has 1 fully saturated rings. The number of phenols is 1. The molecule has 0 unspecified atom stereocenters. The Balaban J connectivity index is 1.93. The molecule has 2 aromatic rings. The Morgan fingerprint density at radius 1 is 1.15 bits per heavy atom. The predicted octanol–water partition coefficient (Wildman–Crippen LogP) is 3.87. The van der Waals surface area contributed by atoms with Crippen molar-refractivity contribution in [2.24, 2.45) is 5.41 Å². The molecule has 1 N–H and O–H groups in total. The lowest BCUT2D eigenvalue weighted by Crippen LogP contribution is -2.43. The molecule has 0 radical (unpaired) electrons. The highest BCUT2D eigenvalue weighted by molar-refractivity contribution is 5.83. The van der Waals surface area contributed by atoms with Crippen LogP contribution in [0.4, 0.5) is 0 Å². The van der Waals surface area contributed by atoms with Crippen LogP contribution in [0.5, 0.6) is 5.75 Å². The molecule has 5 nitrogen and oxygen atoms in total. The minimum atomic E-state index is -0.382. The normalized spacial score (nSPS) is 16.3. The molecule has 26 heavy (non-hydrogen) atoms. The van der Waals surface area contributed by atoms with Gasteiger partial charge in [-0.25, -0.2) is 0 Å². The monoisotopic (exact) mass is 357 g/mol. The number of hydrogen-bond acceptors (Lipinski definition) is 4. The lowest BCUT2D eigenvalue weighted by atomic mass is 9.88. The molecule has 1 aromatic heterocycles. The van der Waals surface area contributed by atoms with E-state index in [0.29, 0.717) is 40.9 Å². The van der Waals surface area contributed by atoms with E-state index in [1.807, 2.05) is 25.7 Å². The average molecular weight is 357 g/mol. The van der Waals surface area contributed by atoms with Gasteiger partial charge in [-0.15, -0.1) is 0 Å². The highest BCUT2D eigenvalue weighted by atomic mass is 16.3. The van der Waals surface area contributed by atoms with Gasteiger partial charge in [0.1, 0.15) is 17.1 Å². The van der Waals surface area contributed by atoms with Crippen LogP contribution in [0.25, 0.3) is 11.0 Å². The van der Waals surface area contributed by atoms with Gasteiger partial charge in [0.2, 0.25) is 5.91 Å². The molecule has 0 atom stereocenters. The summed E-state index contributed by atoms with van der Waals surface area (Å²) in [5.74, 6) is 1.09. The standard InChI is InChI=1S/C21H27NO4/c1-12-16(23)7-6-15-17(24)13(2)18(26-19(12)15)14-8-10-22(11-9-14)20(25)21(3,4)5/h6-7,14,23H,8-11H2,1-5H3. The van der Waals surface area contributed by atoms with E-state index in [-0.39, 0.29) is 28.4 Å². The first-order chi connectivity index (χ1) is 12.1. The third-order valence-electron chi connectivity index (χ3n) is 5.34. The van der Waals surface area contributed by atoms with Crippen molar-refractivity contribution >= 4 is 16.9 Å². The second-order valence-corrected chi connectivity index (χ2v) is 8.32. The van der Waals surface area contributed by atoms with Gasteiger partial charge in [-0.1, -0.05) is 20.8 Å². The molecule has 0 aliphatic carbocycles. The first-order valence-electron chi connectivity index (χ1n) is 9.16. The SMILES string of the molecule is Cc1c(C2CCN(C(=O)C(C)(C)C)CC2)oc2c(C)c(O)ccc2c1=O. The number of nitrogens with zero attached hydrogens (tertiary/aromatic N) is 1. The molecular weight excluding hydrogens is 330 g/mol. The van der Waals surface area contributed by atoms with Crippen molar-refractivity contribution in [2.75, 3.05) is 13.1 Å². The zero-order valence-electron chi connectivity index (χ0n) is 16.2. The molecule has 140 valence electrons. The van der Waals surface area contributed by atoms with Gasteiger partial charge in [-0.3, -0.25) is 9.59 Å². The average Bonchev–Trinajstić information content (AvgIpc) is 2.60. The van der Waals surface area contributed by atoms with Crippen LogP contribution in [0.15, 0.2) is 21.3 Å². The fraction of sp³-hybridized carbons (Fsp3) is 0.524. The molecule has 5 heteroatoms. The third-order valence-corrected chi connectivity index (χ3v) is 5.34. The van der Waals surface area contributed by atoms with E-state index in [0.717, 1.165) is 12.8 Å². The summed E-state index contributed by atoms with van der Waals surface area (Å²) in [4.78, 5) is 27.1. The van der Waals surface area contributed by atoms with Gasteiger partial charge in [0.25, 0.3) is 0 Å². The fourth-order valence-corrected chi connectivity index (χ4v) is 3.70. The Morgan fingerprint density at radius 2 is 1.77 bits per heavy atom. The molecule has 1 aliphatic heterocycles. The number of aryl methyl sites for hydroxylation is 1. The van der Waals surface area contributed by atoms with Gasteiger partial charge in [0, 0.05) is 35.5 Å². The maximum atomic E-state index is 12.8. The topological polar surface area (TPSA) is 70.8 Å². The Labute approximate surface area is 153 Å². The Kier molecular flexibility index (Phi) is 4.59. The molecule has 1 aliphatic rings.